The fourth-order valence-corrected chi connectivity index (χ4v) is 4.41. The third-order valence-electron chi connectivity index (χ3n) is 4.37. The predicted octanol–water partition coefficient (Wildman–Crippen LogP) is 1.53. The molecule has 0 saturated carbocycles. The van der Waals surface area contributed by atoms with Crippen molar-refractivity contribution < 1.29 is 8.42 Å². The number of anilines is 1. The molecule has 1 aliphatic heterocycles. The van der Waals surface area contributed by atoms with Crippen LogP contribution in [0.4, 0.5) is 5.69 Å². The van der Waals surface area contributed by atoms with Gasteiger partial charge < -0.3 is 11.1 Å². The van der Waals surface area contributed by atoms with E-state index in [0.717, 1.165) is 24.1 Å². The minimum atomic E-state index is -3.39. The third kappa shape index (κ3) is 4.54. The van der Waals surface area contributed by atoms with Gasteiger partial charge >= 0.3 is 0 Å². The summed E-state index contributed by atoms with van der Waals surface area (Å²) in [6.07, 6.45) is 1.59. The number of nitrogens with zero attached hydrogens (tertiary/aromatic N) is 2. The molecule has 6 nitrogen and oxygen atoms in total. The zero-order valence-electron chi connectivity index (χ0n) is 14.6. The molecule has 0 atom stereocenters. The maximum Gasteiger partial charge on any atom is 0.237 e. The lowest BCUT2D eigenvalue weighted by Gasteiger charge is -2.18. The maximum atomic E-state index is 12.6. The Kier molecular flexibility index (Phi) is 5.78. The first-order chi connectivity index (χ1) is 12.6. The molecule has 0 saturated heterocycles. The van der Waals surface area contributed by atoms with Crippen molar-refractivity contribution in [3.8, 4) is 0 Å². The second-order valence-corrected chi connectivity index (χ2v) is 8.21. The summed E-state index contributed by atoms with van der Waals surface area (Å²) in [6.45, 7) is 1.30. The highest BCUT2D eigenvalue weighted by Crippen LogP contribution is 2.29. The molecule has 7 heteroatoms. The number of para-hydroxylation sites is 1. The third-order valence-corrected chi connectivity index (χ3v) is 6.12. The number of rotatable bonds is 7. The molecule has 0 aromatic heterocycles. The van der Waals surface area contributed by atoms with Crippen LogP contribution in [0.3, 0.4) is 0 Å². The van der Waals surface area contributed by atoms with Crippen LogP contribution in [0, 0.1) is 0 Å². The van der Waals surface area contributed by atoms with Crippen LogP contribution in [0.2, 0.25) is 0 Å². The predicted molar refractivity (Wildman–Crippen MR) is 106 cm³/mol. The number of guanidine groups is 1. The molecule has 0 aliphatic carbocycles. The van der Waals surface area contributed by atoms with E-state index in [1.54, 1.807) is 0 Å². The Morgan fingerprint density at radius 2 is 1.85 bits per heavy atom. The molecule has 0 amide bonds. The van der Waals surface area contributed by atoms with Crippen molar-refractivity contribution in [2.75, 3.05) is 29.7 Å². The van der Waals surface area contributed by atoms with Crippen LogP contribution < -0.4 is 15.4 Å². The number of sulfonamides is 1. The van der Waals surface area contributed by atoms with Gasteiger partial charge in [0.05, 0.1) is 18.0 Å². The number of hydrogen-bond donors (Lipinski definition) is 2. The topological polar surface area (TPSA) is 87.8 Å². The molecular weight excluding hydrogens is 348 g/mol. The van der Waals surface area contributed by atoms with Gasteiger partial charge in [-0.05, 0) is 30.0 Å². The number of fused-ring (bicyclic) bond motifs is 1. The van der Waals surface area contributed by atoms with E-state index in [1.807, 2.05) is 42.5 Å². The molecule has 3 rings (SSSR count). The molecule has 2 aromatic rings. The molecule has 26 heavy (non-hydrogen) atoms. The van der Waals surface area contributed by atoms with E-state index in [-0.39, 0.29) is 18.3 Å². The molecule has 1 heterocycles. The average Bonchev–Trinajstić information content (AvgIpc) is 3.07. The zero-order valence-corrected chi connectivity index (χ0v) is 15.5. The van der Waals surface area contributed by atoms with E-state index in [0.29, 0.717) is 13.1 Å². The van der Waals surface area contributed by atoms with Gasteiger partial charge in [0, 0.05) is 13.1 Å². The Hall–Kier alpha value is -2.54. The Bertz CT molecular complexity index is 866. The summed E-state index contributed by atoms with van der Waals surface area (Å²) in [5.74, 6) is 0.223. The highest BCUT2D eigenvalue weighted by molar-refractivity contribution is 7.92. The van der Waals surface area contributed by atoms with Crippen molar-refractivity contribution in [3.05, 3.63) is 65.7 Å². The Balaban J connectivity index is 1.48. The van der Waals surface area contributed by atoms with Gasteiger partial charge in [0.1, 0.15) is 0 Å². The second-order valence-electron chi connectivity index (χ2n) is 6.20. The summed E-state index contributed by atoms with van der Waals surface area (Å²) >= 11 is 0. The van der Waals surface area contributed by atoms with E-state index in [1.165, 1.54) is 9.87 Å². The molecule has 0 radical (unpaired) electrons. The van der Waals surface area contributed by atoms with E-state index in [4.69, 9.17) is 5.73 Å². The van der Waals surface area contributed by atoms with Crippen LogP contribution >= 0.6 is 0 Å². The molecule has 138 valence electrons. The second kappa shape index (κ2) is 8.23. The van der Waals surface area contributed by atoms with Crippen molar-refractivity contribution in [1.82, 2.24) is 5.32 Å². The van der Waals surface area contributed by atoms with Crippen molar-refractivity contribution in [1.29, 1.82) is 0 Å². The van der Waals surface area contributed by atoms with Gasteiger partial charge in [-0.15, -0.1) is 0 Å². The van der Waals surface area contributed by atoms with Crippen molar-refractivity contribution >= 4 is 21.7 Å². The van der Waals surface area contributed by atoms with Gasteiger partial charge in [0.2, 0.25) is 10.0 Å². The average molecular weight is 372 g/mol. The van der Waals surface area contributed by atoms with Crippen LogP contribution in [0.25, 0.3) is 0 Å². The monoisotopic (exact) mass is 372 g/mol. The first-order valence-electron chi connectivity index (χ1n) is 8.72. The molecule has 0 unspecified atom stereocenters. The molecule has 1 aliphatic rings. The first kappa shape index (κ1) is 18.3. The summed E-state index contributed by atoms with van der Waals surface area (Å²) in [5.41, 5.74) is 8.89. The maximum absolute atomic E-state index is 12.6. The minimum absolute atomic E-state index is 0.0532. The van der Waals surface area contributed by atoms with Crippen LogP contribution in [-0.2, 0) is 22.9 Å². The molecule has 0 bridgehead atoms. The van der Waals surface area contributed by atoms with Gasteiger partial charge in [-0.25, -0.2) is 8.42 Å². The van der Waals surface area contributed by atoms with Crippen molar-refractivity contribution in [2.24, 2.45) is 10.7 Å². The minimum Gasteiger partial charge on any atom is -0.370 e. The molecular formula is C19H24N4O2S. The molecule has 0 fully saturated rings. The van der Waals surface area contributed by atoms with Crippen LogP contribution in [0.5, 0.6) is 0 Å². The quantitative estimate of drug-likeness (QED) is 0.570. The standard InChI is InChI=1S/C19H24N4O2S/c20-19(21-12-10-16-6-2-1-3-7-16)22-13-15-26(24,25)23-14-11-17-8-4-5-9-18(17)23/h1-9H,10-15H2,(H3,20,21,22). The lowest BCUT2D eigenvalue weighted by Crippen LogP contribution is -2.35. The van der Waals surface area contributed by atoms with Crippen molar-refractivity contribution in [3.63, 3.8) is 0 Å². The van der Waals surface area contributed by atoms with Gasteiger partial charge in [0.25, 0.3) is 0 Å². The Morgan fingerprint density at radius 1 is 1.12 bits per heavy atom. The van der Waals surface area contributed by atoms with E-state index in [2.05, 4.69) is 22.4 Å². The van der Waals surface area contributed by atoms with E-state index in [9.17, 15) is 8.42 Å². The number of nitrogens with two attached hydrogens (primary N) is 1. The fraction of sp³-hybridized carbons (Fsp3) is 0.316. The van der Waals surface area contributed by atoms with Gasteiger partial charge in [0.15, 0.2) is 5.96 Å². The lowest BCUT2D eigenvalue weighted by molar-refractivity contribution is 0.592. The Labute approximate surface area is 154 Å². The zero-order chi connectivity index (χ0) is 18.4. The van der Waals surface area contributed by atoms with Crippen LogP contribution in [0.1, 0.15) is 11.1 Å². The van der Waals surface area contributed by atoms with Crippen LogP contribution in [-0.4, -0.2) is 39.8 Å². The highest BCUT2D eigenvalue weighted by atomic mass is 32.2. The van der Waals surface area contributed by atoms with Crippen molar-refractivity contribution in [2.45, 2.75) is 12.8 Å². The van der Waals surface area contributed by atoms with Gasteiger partial charge in [-0.1, -0.05) is 48.5 Å². The van der Waals surface area contributed by atoms with Gasteiger partial charge in [-0.3, -0.25) is 9.30 Å². The SMILES string of the molecule is NC(=NCCS(=O)(=O)N1CCc2ccccc21)NCCc1ccccc1. The summed E-state index contributed by atoms with van der Waals surface area (Å²) < 4.78 is 26.6. The molecule has 2 aromatic carbocycles. The number of aliphatic imine (C=N–C) groups is 1. The first-order valence-corrected chi connectivity index (χ1v) is 10.3. The largest absolute Gasteiger partial charge is 0.370 e. The normalized spacial score (nSPS) is 14.3. The fourth-order valence-electron chi connectivity index (χ4n) is 3.02. The van der Waals surface area contributed by atoms with Gasteiger partial charge in [-0.2, -0.15) is 0 Å². The molecule has 0 spiro atoms. The number of nitrogens with one attached hydrogen (secondary N) is 1. The summed E-state index contributed by atoms with van der Waals surface area (Å²) in [6, 6.07) is 17.7. The number of hydrogen-bond acceptors (Lipinski definition) is 3. The Morgan fingerprint density at radius 3 is 2.65 bits per heavy atom. The lowest BCUT2D eigenvalue weighted by atomic mass is 10.1. The number of benzene rings is 2. The summed E-state index contributed by atoms with van der Waals surface area (Å²) in [7, 11) is -3.39. The smallest absolute Gasteiger partial charge is 0.237 e. The summed E-state index contributed by atoms with van der Waals surface area (Å²) in [4.78, 5) is 4.15. The van der Waals surface area contributed by atoms with E-state index < -0.39 is 10.0 Å². The summed E-state index contributed by atoms with van der Waals surface area (Å²) in [5, 5.41) is 3.02. The van der Waals surface area contributed by atoms with E-state index >= 15 is 0 Å². The highest BCUT2D eigenvalue weighted by Gasteiger charge is 2.28. The van der Waals surface area contributed by atoms with Crippen LogP contribution in [0.15, 0.2) is 59.6 Å². The molecule has 3 N–H and O–H groups in total.